The quantitative estimate of drug-likeness (QED) is 0.677. The fourth-order valence-electron chi connectivity index (χ4n) is 3.69. The summed E-state index contributed by atoms with van der Waals surface area (Å²) in [6.07, 6.45) is -1.07. The van der Waals surface area contributed by atoms with Crippen LogP contribution in [0.25, 0.3) is 0 Å². The molecule has 0 aliphatic heterocycles. The van der Waals surface area contributed by atoms with Gasteiger partial charge < -0.3 is 14.6 Å². The van der Waals surface area contributed by atoms with Crippen LogP contribution in [0.1, 0.15) is 22.8 Å². The minimum atomic E-state index is -1.90. The van der Waals surface area contributed by atoms with Gasteiger partial charge in [0.1, 0.15) is 5.92 Å². The molecule has 0 saturated heterocycles. The van der Waals surface area contributed by atoms with E-state index in [1.807, 2.05) is 24.3 Å². The summed E-state index contributed by atoms with van der Waals surface area (Å²) >= 11 is 0. The first-order chi connectivity index (χ1) is 10.7. The summed E-state index contributed by atoms with van der Waals surface area (Å²) < 4.78 is 9.84. The summed E-state index contributed by atoms with van der Waals surface area (Å²) in [6, 6.07) is 7.48. The normalized spacial score (nSPS) is 27.0. The molecule has 126 valence electrons. The predicted molar refractivity (Wildman–Crippen MR) is 88.5 cm³/mol. The van der Waals surface area contributed by atoms with E-state index in [0.717, 1.165) is 5.56 Å². The van der Waals surface area contributed by atoms with Crippen LogP contribution >= 0.6 is 0 Å². The highest BCUT2D eigenvalue weighted by Gasteiger charge is 2.53. The molecule has 0 bridgehead atoms. The smallest absolute Gasteiger partial charge is 0.312 e. The lowest BCUT2D eigenvalue weighted by Gasteiger charge is -2.44. The molecule has 4 atom stereocenters. The maximum atomic E-state index is 12.5. The summed E-state index contributed by atoms with van der Waals surface area (Å²) in [7, 11) is 0.682. The highest BCUT2D eigenvalue weighted by atomic mass is 28.3. The largest absolute Gasteiger partial charge is 0.469 e. The molecular formula is C17H24O5Si. The van der Waals surface area contributed by atoms with E-state index in [0.29, 0.717) is 5.56 Å². The number of benzene rings is 1. The van der Waals surface area contributed by atoms with E-state index in [-0.39, 0.29) is 5.54 Å². The molecule has 6 heteroatoms. The second-order valence-corrected chi connectivity index (χ2v) is 12.4. The van der Waals surface area contributed by atoms with Crippen LogP contribution in [-0.4, -0.2) is 39.3 Å². The van der Waals surface area contributed by atoms with Crippen molar-refractivity contribution in [2.75, 3.05) is 14.2 Å². The van der Waals surface area contributed by atoms with E-state index in [9.17, 15) is 14.7 Å². The van der Waals surface area contributed by atoms with Gasteiger partial charge in [-0.05, 0) is 16.7 Å². The molecule has 5 nitrogen and oxygen atoms in total. The highest BCUT2D eigenvalue weighted by molar-refractivity contribution is 6.77. The summed E-state index contributed by atoms with van der Waals surface area (Å²) in [4.78, 5) is 24.8. The van der Waals surface area contributed by atoms with E-state index in [1.165, 1.54) is 14.2 Å². The number of ether oxygens (including phenoxy) is 2. The van der Waals surface area contributed by atoms with E-state index in [2.05, 4.69) is 19.6 Å². The third-order valence-corrected chi connectivity index (χ3v) is 7.15. The first kappa shape index (κ1) is 17.7. The number of methoxy groups -OCH3 is 2. The SMILES string of the molecule is COC(=O)[C@H]1[C@H](C(=O)OC)[C@@H](O)c2ccccc2[C@H]1[Si](C)(C)C. The van der Waals surface area contributed by atoms with Crippen molar-refractivity contribution in [3.63, 3.8) is 0 Å². The number of carbonyl (C=O) groups excluding carboxylic acids is 2. The van der Waals surface area contributed by atoms with Gasteiger partial charge >= 0.3 is 11.9 Å². The van der Waals surface area contributed by atoms with Crippen LogP contribution in [0.2, 0.25) is 19.6 Å². The van der Waals surface area contributed by atoms with Crippen LogP contribution < -0.4 is 0 Å². The van der Waals surface area contributed by atoms with Crippen molar-refractivity contribution in [3.8, 4) is 0 Å². The first-order valence-electron chi connectivity index (χ1n) is 7.66. The van der Waals surface area contributed by atoms with Crippen LogP contribution in [-0.2, 0) is 19.1 Å². The Labute approximate surface area is 137 Å². The molecule has 0 fully saturated rings. The monoisotopic (exact) mass is 336 g/mol. The molecule has 1 N–H and O–H groups in total. The van der Waals surface area contributed by atoms with Crippen molar-refractivity contribution in [2.45, 2.75) is 31.3 Å². The lowest BCUT2D eigenvalue weighted by molar-refractivity contribution is -0.164. The van der Waals surface area contributed by atoms with Gasteiger partial charge in [-0.1, -0.05) is 43.9 Å². The van der Waals surface area contributed by atoms with Gasteiger partial charge in [0.05, 0.1) is 34.3 Å². The van der Waals surface area contributed by atoms with Gasteiger partial charge in [-0.15, -0.1) is 0 Å². The Bertz CT molecular complexity index is 607. The Kier molecular flexibility index (Phi) is 4.96. The topological polar surface area (TPSA) is 72.8 Å². The number of esters is 2. The van der Waals surface area contributed by atoms with Crippen molar-refractivity contribution in [3.05, 3.63) is 35.4 Å². The van der Waals surface area contributed by atoms with Gasteiger partial charge in [-0.2, -0.15) is 0 Å². The molecule has 1 aromatic rings. The minimum Gasteiger partial charge on any atom is -0.469 e. The fourth-order valence-corrected chi connectivity index (χ4v) is 6.31. The molecule has 0 spiro atoms. The molecule has 0 radical (unpaired) electrons. The summed E-state index contributed by atoms with van der Waals surface area (Å²) in [5.74, 6) is -2.73. The Morgan fingerprint density at radius 2 is 1.43 bits per heavy atom. The maximum Gasteiger partial charge on any atom is 0.312 e. The molecule has 1 aromatic carbocycles. The molecule has 2 rings (SSSR count). The summed E-state index contributed by atoms with van der Waals surface area (Å²) in [5, 5.41) is 10.7. The van der Waals surface area contributed by atoms with Gasteiger partial charge in [-0.3, -0.25) is 9.59 Å². The number of hydrogen-bond acceptors (Lipinski definition) is 5. The molecule has 1 aliphatic rings. The zero-order valence-electron chi connectivity index (χ0n) is 14.2. The Morgan fingerprint density at radius 3 is 1.91 bits per heavy atom. The Hall–Kier alpha value is -1.66. The number of hydrogen-bond donors (Lipinski definition) is 1. The summed E-state index contributed by atoms with van der Waals surface area (Å²) in [5.41, 5.74) is 1.52. The standard InChI is InChI=1S/C17H24O5Si/c1-21-16(19)12-13(17(20)22-2)15(23(3,4)5)11-9-7-6-8-10(11)14(12)18/h6-9,12-15,18H,1-5H3/t12-,13-,14-,15+/m0/s1. The number of fused-ring (bicyclic) bond motifs is 1. The second kappa shape index (κ2) is 6.45. The van der Waals surface area contributed by atoms with Crippen LogP contribution in [0.4, 0.5) is 0 Å². The van der Waals surface area contributed by atoms with Crippen LogP contribution in [0, 0.1) is 11.8 Å². The number of rotatable bonds is 3. The van der Waals surface area contributed by atoms with E-state index < -0.39 is 38.0 Å². The number of aliphatic hydroxyl groups is 1. The van der Waals surface area contributed by atoms with Crippen molar-refractivity contribution >= 4 is 20.0 Å². The molecule has 23 heavy (non-hydrogen) atoms. The van der Waals surface area contributed by atoms with Gasteiger partial charge in [0.25, 0.3) is 0 Å². The van der Waals surface area contributed by atoms with Gasteiger partial charge in [0.2, 0.25) is 0 Å². The second-order valence-electron chi connectivity index (χ2n) is 7.02. The Morgan fingerprint density at radius 1 is 0.957 bits per heavy atom. The number of carbonyl (C=O) groups is 2. The highest BCUT2D eigenvalue weighted by Crippen LogP contribution is 2.49. The van der Waals surface area contributed by atoms with Gasteiger partial charge in [0.15, 0.2) is 0 Å². The summed E-state index contributed by atoms with van der Waals surface area (Å²) in [6.45, 7) is 6.45. The van der Waals surface area contributed by atoms with Crippen LogP contribution in [0.15, 0.2) is 24.3 Å². The van der Waals surface area contributed by atoms with Crippen molar-refractivity contribution in [1.82, 2.24) is 0 Å². The molecule has 0 amide bonds. The molecule has 0 saturated carbocycles. The Balaban J connectivity index is 2.71. The minimum absolute atomic E-state index is 0.126. The van der Waals surface area contributed by atoms with Gasteiger partial charge in [0, 0.05) is 0 Å². The lowest BCUT2D eigenvalue weighted by atomic mass is 9.73. The average Bonchev–Trinajstić information content (AvgIpc) is 2.52. The van der Waals surface area contributed by atoms with Crippen LogP contribution in [0.5, 0.6) is 0 Å². The maximum absolute atomic E-state index is 12.5. The first-order valence-corrected chi connectivity index (χ1v) is 11.2. The van der Waals surface area contributed by atoms with Crippen molar-refractivity contribution < 1.29 is 24.2 Å². The molecular weight excluding hydrogens is 312 g/mol. The number of aliphatic hydroxyl groups excluding tert-OH is 1. The van der Waals surface area contributed by atoms with Gasteiger partial charge in [-0.25, -0.2) is 0 Å². The predicted octanol–water partition coefficient (Wildman–Crippen LogP) is 2.27. The van der Waals surface area contributed by atoms with Crippen molar-refractivity contribution in [2.24, 2.45) is 11.8 Å². The molecule has 0 heterocycles. The molecule has 1 aliphatic carbocycles. The molecule has 0 aromatic heterocycles. The fraction of sp³-hybridized carbons (Fsp3) is 0.529. The zero-order chi connectivity index (χ0) is 17.4. The van der Waals surface area contributed by atoms with E-state index in [4.69, 9.17) is 9.47 Å². The van der Waals surface area contributed by atoms with Crippen LogP contribution in [0.3, 0.4) is 0 Å². The third-order valence-electron chi connectivity index (χ3n) is 4.62. The zero-order valence-corrected chi connectivity index (χ0v) is 15.2. The van der Waals surface area contributed by atoms with Crippen molar-refractivity contribution in [1.29, 1.82) is 0 Å². The van der Waals surface area contributed by atoms with E-state index >= 15 is 0 Å². The molecule has 0 unspecified atom stereocenters. The lowest BCUT2D eigenvalue weighted by Crippen LogP contribution is -2.50. The van der Waals surface area contributed by atoms with E-state index in [1.54, 1.807) is 0 Å². The average molecular weight is 336 g/mol. The third kappa shape index (κ3) is 3.05.